The summed E-state index contributed by atoms with van der Waals surface area (Å²) in [5, 5.41) is 0. The van der Waals surface area contributed by atoms with E-state index in [9.17, 15) is 4.39 Å². The van der Waals surface area contributed by atoms with Gasteiger partial charge in [-0.2, -0.15) is 0 Å². The van der Waals surface area contributed by atoms with Crippen molar-refractivity contribution in [1.29, 1.82) is 0 Å². The van der Waals surface area contributed by atoms with Crippen molar-refractivity contribution in [2.75, 3.05) is 0 Å². The van der Waals surface area contributed by atoms with Crippen molar-refractivity contribution in [3.63, 3.8) is 0 Å². The van der Waals surface area contributed by atoms with Gasteiger partial charge in [0, 0.05) is 19.4 Å². The maximum absolute atomic E-state index is 12.8. The molecule has 0 N–H and O–H groups in total. The Morgan fingerprint density at radius 2 is 1.94 bits per heavy atom. The van der Waals surface area contributed by atoms with E-state index < -0.39 is 5.54 Å². The topological polar surface area (TPSA) is 30.4 Å². The molecule has 0 radical (unpaired) electrons. The summed E-state index contributed by atoms with van der Waals surface area (Å²) in [4.78, 5) is 7.57. The van der Waals surface area contributed by atoms with E-state index in [1.807, 2.05) is 0 Å². The van der Waals surface area contributed by atoms with Crippen LogP contribution in [0.2, 0.25) is 0 Å². The summed E-state index contributed by atoms with van der Waals surface area (Å²) >= 11 is 0. The highest BCUT2D eigenvalue weighted by Crippen LogP contribution is 2.28. The summed E-state index contributed by atoms with van der Waals surface area (Å²) in [5.41, 5.74) is -0.0379. The minimum atomic E-state index is -0.731. The van der Waals surface area contributed by atoms with Crippen LogP contribution in [0.25, 0.3) is 16.3 Å². The zero-order valence-electron chi connectivity index (χ0n) is 9.57. The van der Waals surface area contributed by atoms with E-state index in [0.29, 0.717) is 17.2 Å². The largest absolute Gasteiger partial charge is 0.433 e. The van der Waals surface area contributed by atoms with Crippen LogP contribution in [0.3, 0.4) is 0 Å². The second-order valence-corrected chi connectivity index (χ2v) is 4.21. The maximum atomic E-state index is 12.8. The number of rotatable bonds is 2. The van der Waals surface area contributed by atoms with Crippen LogP contribution < -0.4 is 0 Å². The van der Waals surface area contributed by atoms with Crippen LogP contribution in [0, 0.1) is 12.4 Å². The first-order valence-electron chi connectivity index (χ1n) is 5.14. The average molecular weight is 230 g/mol. The third-order valence-corrected chi connectivity index (χ3v) is 2.48. The molecule has 3 nitrogen and oxygen atoms in total. The highest BCUT2D eigenvalue weighted by atomic mass is 19.1. The molecule has 1 aromatic heterocycles. The van der Waals surface area contributed by atoms with Crippen LogP contribution in [0.1, 0.15) is 19.6 Å². The molecule has 2 aromatic rings. The molecule has 0 aliphatic carbocycles. The first-order chi connectivity index (χ1) is 8.03. The van der Waals surface area contributed by atoms with Crippen LogP contribution in [-0.4, -0.2) is 4.98 Å². The summed E-state index contributed by atoms with van der Waals surface area (Å²) < 4.78 is 18.3. The average Bonchev–Trinajstić information content (AvgIpc) is 2.80. The lowest BCUT2D eigenvalue weighted by atomic mass is 10.1. The molecule has 0 aliphatic heterocycles. The van der Waals surface area contributed by atoms with E-state index in [2.05, 4.69) is 9.83 Å². The first kappa shape index (κ1) is 11.3. The summed E-state index contributed by atoms with van der Waals surface area (Å²) in [7, 11) is 0. The van der Waals surface area contributed by atoms with Crippen LogP contribution in [-0.2, 0) is 5.54 Å². The third-order valence-electron chi connectivity index (χ3n) is 2.48. The Kier molecular flexibility index (Phi) is 2.68. The minimum Gasteiger partial charge on any atom is -0.433 e. The van der Waals surface area contributed by atoms with Crippen molar-refractivity contribution in [3.05, 3.63) is 53.5 Å². The van der Waals surface area contributed by atoms with Gasteiger partial charge in [-0.3, -0.25) is 0 Å². The molecular formula is C13H11FN2O. The summed E-state index contributed by atoms with van der Waals surface area (Å²) in [6, 6.07) is 5.88. The van der Waals surface area contributed by atoms with E-state index in [-0.39, 0.29) is 5.82 Å². The Morgan fingerprint density at radius 3 is 2.53 bits per heavy atom. The van der Waals surface area contributed by atoms with Crippen molar-refractivity contribution in [3.8, 4) is 11.5 Å². The highest BCUT2D eigenvalue weighted by molar-refractivity contribution is 5.52. The molecule has 86 valence electrons. The summed E-state index contributed by atoms with van der Waals surface area (Å²) in [6.45, 7) is 10.6. The number of halogens is 1. The maximum Gasteiger partial charge on any atom is 0.285 e. The molecule has 0 bridgehead atoms. The standard InChI is InChI=1S/C13H11FN2O/c1-13(2,15-3)11-8-16-12(17-11)9-4-6-10(14)7-5-9/h4-8H,1-2H3. The van der Waals surface area contributed by atoms with Gasteiger partial charge in [0.05, 0.1) is 6.20 Å². The van der Waals surface area contributed by atoms with Gasteiger partial charge in [0.25, 0.3) is 5.54 Å². The fourth-order valence-corrected chi connectivity index (χ4v) is 1.34. The van der Waals surface area contributed by atoms with Crippen molar-refractivity contribution in [1.82, 2.24) is 4.98 Å². The van der Waals surface area contributed by atoms with E-state index >= 15 is 0 Å². The van der Waals surface area contributed by atoms with Gasteiger partial charge in [-0.1, -0.05) is 0 Å². The number of hydrogen-bond acceptors (Lipinski definition) is 2. The number of aromatic nitrogens is 1. The predicted molar refractivity (Wildman–Crippen MR) is 61.5 cm³/mol. The number of benzene rings is 1. The van der Waals surface area contributed by atoms with E-state index in [4.69, 9.17) is 11.0 Å². The molecule has 0 unspecified atom stereocenters. The van der Waals surface area contributed by atoms with Gasteiger partial charge in [0.15, 0.2) is 0 Å². The number of hydrogen-bond donors (Lipinski definition) is 0. The molecule has 4 heteroatoms. The molecule has 0 amide bonds. The molecule has 0 aliphatic rings. The number of nitrogens with zero attached hydrogens (tertiary/aromatic N) is 2. The van der Waals surface area contributed by atoms with Crippen molar-refractivity contribution < 1.29 is 8.81 Å². The Morgan fingerprint density at radius 1 is 1.29 bits per heavy atom. The second-order valence-electron chi connectivity index (χ2n) is 4.21. The Hall–Kier alpha value is -2.15. The van der Waals surface area contributed by atoms with Crippen LogP contribution in [0.5, 0.6) is 0 Å². The van der Waals surface area contributed by atoms with Crippen molar-refractivity contribution >= 4 is 0 Å². The molecule has 0 saturated carbocycles. The molecule has 17 heavy (non-hydrogen) atoms. The third kappa shape index (κ3) is 2.18. The summed E-state index contributed by atoms with van der Waals surface area (Å²) in [5.74, 6) is 0.602. The smallest absolute Gasteiger partial charge is 0.285 e. The van der Waals surface area contributed by atoms with Crippen LogP contribution >= 0.6 is 0 Å². The van der Waals surface area contributed by atoms with Gasteiger partial charge in [0.2, 0.25) is 11.7 Å². The first-order valence-corrected chi connectivity index (χ1v) is 5.14. The van der Waals surface area contributed by atoms with E-state index in [1.54, 1.807) is 26.0 Å². The van der Waals surface area contributed by atoms with Gasteiger partial charge in [0.1, 0.15) is 5.82 Å². The van der Waals surface area contributed by atoms with E-state index in [1.165, 1.54) is 18.3 Å². The molecule has 0 fully saturated rings. The fourth-order valence-electron chi connectivity index (χ4n) is 1.34. The number of oxazole rings is 1. The van der Waals surface area contributed by atoms with Gasteiger partial charge >= 0.3 is 0 Å². The van der Waals surface area contributed by atoms with Crippen LogP contribution in [0.15, 0.2) is 34.9 Å². The minimum absolute atomic E-state index is 0.304. The quantitative estimate of drug-likeness (QED) is 0.737. The fraction of sp³-hybridized carbons (Fsp3) is 0.231. The van der Waals surface area contributed by atoms with Crippen molar-refractivity contribution in [2.24, 2.45) is 0 Å². The van der Waals surface area contributed by atoms with Gasteiger partial charge in [-0.25, -0.2) is 15.9 Å². The molecule has 1 heterocycles. The lowest BCUT2D eigenvalue weighted by Gasteiger charge is -2.05. The monoisotopic (exact) mass is 230 g/mol. The van der Waals surface area contributed by atoms with Gasteiger partial charge in [-0.05, 0) is 24.3 Å². The molecule has 2 rings (SSSR count). The molecular weight excluding hydrogens is 219 g/mol. The lowest BCUT2D eigenvalue weighted by molar-refractivity contribution is 0.443. The molecule has 0 saturated heterocycles. The lowest BCUT2D eigenvalue weighted by Crippen LogP contribution is -2.09. The van der Waals surface area contributed by atoms with Crippen LogP contribution in [0.4, 0.5) is 4.39 Å². The van der Waals surface area contributed by atoms with Gasteiger partial charge < -0.3 is 9.26 Å². The molecule has 1 aromatic carbocycles. The Labute approximate surface area is 98.7 Å². The van der Waals surface area contributed by atoms with E-state index in [0.717, 1.165) is 0 Å². The van der Waals surface area contributed by atoms with Crippen molar-refractivity contribution in [2.45, 2.75) is 19.4 Å². The Bertz CT molecular complexity index is 564. The zero-order chi connectivity index (χ0) is 12.5. The molecule has 0 atom stereocenters. The predicted octanol–water partition coefficient (Wildman–Crippen LogP) is 3.64. The second kappa shape index (κ2) is 4.02. The molecule has 0 spiro atoms. The highest BCUT2D eigenvalue weighted by Gasteiger charge is 2.31. The zero-order valence-corrected chi connectivity index (χ0v) is 9.57. The SMILES string of the molecule is [C-]#[N+]C(C)(C)c1cnc(-c2ccc(F)cc2)o1. The normalized spacial score (nSPS) is 11.2. The summed E-state index contributed by atoms with van der Waals surface area (Å²) in [6.07, 6.45) is 1.54. The van der Waals surface area contributed by atoms with Gasteiger partial charge in [-0.15, -0.1) is 0 Å². The Balaban J connectivity index is 2.37.